The summed E-state index contributed by atoms with van der Waals surface area (Å²) in [6.07, 6.45) is 1.98. The van der Waals surface area contributed by atoms with Crippen molar-refractivity contribution in [2.45, 2.75) is 38.5 Å². The number of nitrogens with zero attached hydrogens (tertiary/aromatic N) is 1. The molecule has 2 saturated carbocycles. The summed E-state index contributed by atoms with van der Waals surface area (Å²) in [5.74, 6) is 2.40. The Morgan fingerprint density at radius 1 is 0.969 bits per heavy atom. The zero-order valence-electron chi connectivity index (χ0n) is 19.9. The molecule has 2 aromatic carbocycles. The molecule has 0 aromatic heterocycles. The van der Waals surface area contributed by atoms with Gasteiger partial charge in [-0.3, -0.25) is 9.59 Å². The van der Waals surface area contributed by atoms with Gasteiger partial charge >= 0.3 is 0 Å². The molecule has 7 atom stereocenters. The Bertz CT molecular complexity index is 970. The van der Waals surface area contributed by atoms with Gasteiger partial charge in [-0.1, -0.05) is 74.9 Å². The van der Waals surface area contributed by atoms with Crippen molar-refractivity contribution in [1.82, 2.24) is 10.2 Å². The molecule has 7 unspecified atom stereocenters. The highest BCUT2D eigenvalue weighted by Gasteiger charge is 2.57. The average Bonchev–Trinajstić information content (AvgIpc) is 3.71. The third-order valence-electron chi connectivity index (χ3n) is 7.73. The molecule has 1 N–H and O–H groups in total. The van der Waals surface area contributed by atoms with Gasteiger partial charge in [0.2, 0.25) is 11.8 Å². The number of hydrogen-bond acceptors (Lipinski definition) is 2. The van der Waals surface area contributed by atoms with Gasteiger partial charge in [0.25, 0.3) is 0 Å². The Balaban J connectivity index is 1.50. The molecule has 0 radical (unpaired) electrons. The largest absolute Gasteiger partial charge is 0.359 e. The van der Waals surface area contributed by atoms with Crippen LogP contribution in [0.2, 0.25) is 0 Å². The van der Waals surface area contributed by atoms with Crippen LogP contribution in [0.5, 0.6) is 0 Å². The van der Waals surface area contributed by atoms with Crippen molar-refractivity contribution in [3.63, 3.8) is 0 Å². The molecule has 4 rings (SSSR count). The third kappa shape index (κ3) is 4.20. The van der Waals surface area contributed by atoms with Gasteiger partial charge in [0.05, 0.1) is 0 Å². The fraction of sp³-hybridized carbons (Fsp3) is 0.500. The number of amides is 2. The van der Waals surface area contributed by atoms with Crippen molar-refractivity contribution in [2.24, 2.45) is 29.6 Å². The molecule has 4 heteroatoms. The lowest BCUT2D eigenvalue weighted by Crippen LogP contribution is -2.25. The second-order valence-corrected chi connectivity index (χ2v) is 9.94. The molecule has 0 heterocycles. The number of nitrogens with one attached hydrogen (secondary N) is 1. The number of carbonyl (C=O) groups is 2. The van der Waals surface area contributed by atoms with E-state index in [-0.39, 0.29) is 23.7 Å². The molecule has 170 valence electrons. The van der Waals surface area contributed by atoms with Gasteiger partial charge in [-0.25, -0.2) is 0 Å². The number of rotatable bonds is 8. The smallest absolute Gasteiger partial charge is 0.226 e. The maximum atomic E-state index is 12.9. The normalized spacial score (nSPS) is 29.2. The Kier molecular flexibility index (Phi) is 6.41. The van der Waals surface area contributed by atoms with Crippen LogP contribution in [0.15, 0.2) is 54.6 Å². The highest BCUT2D eigenvalue weighted by Crippen LogP contribution is 2.59. The highest BCUT2D eigenvalue weighted by molar-refractivity contribution is 5.84. The Morgan fingerprint density at radius 2 is 1.66 bits per heavy atom. The van der Waals surface area contributed by atoms with Crippen LogP contribution in [-0.4, -0.2) is 37.9 Å². The standard InChI is InChI=1S/C28H36N2O2/c1-6-21-23(25(21)27(31)29-3)20-14-10-11-18(16-20)15-17(2)22-24(19-12-8-7-9-13-19)26(22)28(32)30(4)5/h7-14,16-17,21-26H,6,15H2,1-5H3,(H,29,31). The lowest BCUT2D eigenvalue weighted by molar-refractivity contribution is -0.130. The van der Waals surface area contributed by atoms with Crippen LogP contribution in [0, 0.1) is 29.6 Å². The molecule has 2 amide bonds. The zero-order chi connectivity index (χ0) is 23.0. The molecule has 0 aliphatic heterocycles. The average molecular weight is 433 g/mol. The monoisotopic (exact) mass is 432 g/mol. The van der Waals surface area contributed by atoms with E-state index in [4.69, 9.17) is 0 Å². The van der Waals surface area contributed by atoms with Crippen molar-refractivity contribution in [2.75, 3.05) is 21.1 Å². The third-order valence-corrected chi connectivity index (χ3v) is 7.73. The number of carbonyl (C=O) groups excluding carboxylic acids is 2. The van der Waals surface area contributed by atoms with Crippen molar-refractivity contribution >= 4 is 11.8 Å². The van der Waals surface area contributed by atoms with Crippen LogP contribution in [0.4, 0.5) is 0 Å². The van der Waals surface area contributed by atoms with Crippen LogP contribution in [0.1, 0.15) is 48.8 Å². The van der Waals surface area contributed by atoms with Crippen molar-refractivity contribution in [3.05, 3.63) is 71.3 Å². The van der Waals surface area contributed by atoms with Crippen LogP contribution in [-0.2, 0) is 16.0 Å². The summed E-state index contributed by atoms with van der Waals surface area (Å²) < 4.78 is 0. The van der Waals surface area contributed by atoms with E-state index in [1.54, 1.807) is 11.9 Å². The Morgan fingerprint density at radius 3 is 2.28 bits per heavy atom. The van der Waals surface area contributed by atoms with Crippen LogP contribution in [0.3, 0.4) is 0 Å². The van der Waals surface area contributed by atoms with Crippen molar-refractivity contribution in [1.29, 1.82) is 0 Å². The second-order valence-electron chi connectivity index (χ2n) is 9.94. The molecule has 0 saturated heterocycles. The van der Waals surface area contributed by atoms with E-state index in [1.807, 2.05) is 20.2 Å². The molecule has 32 heavy (non-hydrogen) atoms. The van der Waals surface area contributed by atoms with Crippen LogP contribution < -0.4 is 5.32 Å². The molecular weight excluding hydrogens is 396 g/mol. The first-order chi connectivity index (χ1) is 15.4. The minimum Gasteiger partial charge on any atom is -0.359 e. The summed E-state index contributed by atoms with van der Waals surface area (Å²) in [5.41, 5.74) is 3.86. The summed E-state index contributed by atoms with van der Waals surface area (Å²) in [6.45, 7) is 4.46. The van der Waals surface area contributed by atoms with Gasteiger partial charge in [-0.05, 0) is 52.7 Å². The van der Waals surface area contributed by atoms with Crippen LogP contribution in [0.25, 0.3) is 0 Å². The molecule has 2 fully saturated rings. The first-order valence-corrected chi connectivity index (χ1v) is 12.0. The maximum Gasteiger partial charge on any atom is 0.226 e. The lowest BCUT2D eigenvalue weighted by Gasteiger charge is -2.14. The van der Waals surface area contributed by atoms with E-state index in [0.29, 0.717) is 29.6 Å². The molecule has 0 spiro atoms. The molecular formula is C28H36N2O2. The maximum absolute atomic E-state index is 12.9. The SMILES string of the molecule is CCC1C(C(=O)NC)C1c1cccc(CC(C)C2C(C(=O)N(C)C)C2c2ccccc2)c1. The Labute approximate surface area is 192 Å². The van der Waals surface area contributed by atoms with Crippen molar-refractivity contribution in [3.8, 4) is 0 Å². The van der Waals surface area contributed by atoms with Crippen LogP contribution >= 0.6 is 0 Å². The summed E-state index contributed by atoms with van der Waals surface area (Å²) in [6, 6.07) is 19.3. The van der Waals surface area contributed by atoms with E-state index in [0.717, 1.165) is 12.8 Å². The Hall–Kier alpha value is -2.62. The topological polar surface area (TPSA) is 49.4 Å². The van der Waals surface area contributed by atoms with E-state index in [2.05, 4.69) is 67.7 Å². The van der Waals surface area contributed by atoms with E-state index in [9.17, 15) is 9.59 Å². The summed E-state index contributed by atoms with van der Waals surface area (Å²) in [7, 11) is 5.44. The van der Waals surface area contributed by atoms with Gasteiger partial charge < -0.3 is 10.2 Å². The fourth-order valence-electron chi connectivity index (χ4n) is 6.06. The fourth-order valence-corrected chi connectivity index (χ4v) is 6.06. The predicted octanol–water partition coefficient (Wildman–Crippen LogP) is 4.47. The quantitative estimate of drug-likeness (QED) is 0.669. The number of hydrogen-bond donors (Lipinski definition) is 1. The van der Waals surface area contributed by atoms with Gasteiger partial charge in [0.15, 0.2) is 0 Å². The van der Waals surface area contributed by atoms with E-state index in [1.165, 1.54) is 16.7 Å². The minimum absolute atomic E-state index is 0.0658. The summed E-state index contributed by atoms with van der Waals surface area (Å²) in [4.78, 5) is 26.9. The van der Waals surface area contributed by atoms with E-state index < -0.39 is 0 Å². The molecule has 0 bridgehead atoms. The van der Waals surface area contributed by atoms with Gasteiger partial charge in [0, 0.05) is 33.0 Å². The predicted molar refractivity (Wildman–Crippen MR) is 128 cm³/mol. The van der Waals surface area contributed by atoms with E-state index >= 15 is 0 Å². The highest BCUT2D eigenvalue weighted by atomic mass is 16.2. The second kappa shape index (κ2) is 9.09. The number of benzene rings is 2. The lowest BCUT2D eigenvalue weighted by atomic mass is 9.92. The summed E-state index contributed by atoms with van der Waals surface area (Å²) in [5, 5.41) is 2.83. The van der Waals surface area contributed by atoms with Crippen molar-refractivity contribution < 1.29 is 9.59 Å². The van der Waals surface area contributed by atoms with Gasteiger partial charge in [-0.2, -0.15) is 0 Å². The molecule has 2 aliphatic carbocycles. The molecule has 2 aromatic rings. The summed E-state index contributed by atoms with van der Waals surface area (Å²) >= 11 is 0. The van der Waals surface area contributed by atoms with Gasteiger partial charge in [0.1, 0.15) is 0 Å². The molecule has 4 nitrogen and oxygen atoms in total. The first-order valence-electron chi connectivity index (χ1n) is 12.0. The zero-order valence-corrected chi connectivity index (χ0v) is 19.9. The first kappa shape index (κ1) is 22.6. The van der Waals surface area contributed by atoms with Gasteiger partial charge in [-0.15, -0.1) is 0 Å². The minimum atomic E-state index is 0.0658. The molecule has 2 aliphatic rings.